The molecule has 0 aliphatic carbocycles. The van der Waals surface area contributed by atoms with Crippen molar-refractivity contribution in [2.24, 2.45) is 0 Å². The highest BCUT2D eigenvalue weighted by atomic mass is 79.9. The van der Waals surface area contributed by atoms with Gasteiger partial charge in [-0.15, -0.1) is 0 Å². The molecule has 0 N–H and O–H groups in total. The molecule has 0 spiro atoms. The summed E-state index contributed by atoms with van der Waals surface area (Å²) in [4.78, 5) is 0. The highest BCUT2D eigenvalue weighted by molar-refractivity contribution is 9.10. The van der Waals surface area contributed by atoms with Crippen LogP contribution in [0.15, 0.2) is 16.6 Å². The molecule has 1 aromatic rings. The second-order valence-electron chi connectivity index (χ2n) is 2.13. The van der Waals surface area contributed by atoms with Crippen LogP contribution in [0.5, 0.6) is 11.5 Å². The molecular weight excluding hydrogens is 243 g/mol. The van der Waals surface area contributed by atoms with E-state index in [4.69, 9.17) is 21.1 Å². The second-order valence-corrected chi connectivity index (χ2v) is 3.36. The van der Waals surface area contributed by atoms with Crippen molar-refractivity contribution in [3.63, 3.8) is 0 Å². The van der Waals surface area contributed by atoms with Crippen LogP contribution in [-0.2, 0) is 0 Å². The van der Waals surface area contributed by atoms with Gasteiger partial charge in [0.1, 0.15) is 11.5 Å². The Labute approximate surface area is 84.6 Å². The van der Waals surface area contributed by atoms with E-state index >= 15 is 0 Å². The zero-order valence-electron chi connectivity index (χ0n) is 6.73. The maximum atomic E-state index is 5.89. The van der Waals surface area contributed by atoms with Gasteiger partial charge in [0.2, 0.25) is 0 Å². The van der Waals surface area contributed by atoms with Crippen molar-refractivity contribution < 1.29 is 9.47 Å². The van der Waals surface area contributed by atoms with Gasteiger partial charge in [-0.1, -0.05) is 11.6 Å². The van der Waals surface area contributed by atoms with Crippen LogP contribution in [0.2, 0.25) is 5.02 Å². The summed E-state index contributed by atoms with van der Waals surface area (Å²) in [5.41, 5.74) is 0. The van der Waals surface area contributed by atoms with E-state index in [1.165, 1.54) is 0 Å². The van der Waals surface area contributed by atoms with Gasteiger partial charge in [0.25, 0.3) is 0 Å². The Hall–Kier alpha value is -0.410. The normalized spacial score (nSPS) is 9.67. The first kappa shape index (κ1) is 9.68. The minimum atomic E-state index is 0.554. The third kappa shape index (κ3) is 1.84. The summed E-state index contributed by atoms with van der Waals surface area (Å²) in [5, 5.41) is 0.554. The largest absolute Gasteiger partial charge is 0.497 e. The van der Waals surface area contributed by atoms with Crippen LogP contribution in [0.25, 0.3) is 0 Å². The van der Waals surface area contributed by atoms with Gasteiger partial charge >= 0.3 is 0 Å². The van der Waals surface area contributed by atoms with Gasteiger partial charge in [0.15, 0.2) is 0 Å². The maximum absolute atomic E-state index is 5.89. The van der Waals surface area contributed by atoms with Crippen LogP contribution in [0.1, 0.15) is 0 Å². The third-order valence-corrected chi connectivity index (χ3v) is 2.67. The zero-order chi connectivity index (χ0) is 9.14. The van der Waals surface area contributed by atoms with Crippen LogP contribution in [0.3, 0.4) is 0 Å². The summed E-state index contributed by atoms with van der Waals surface area (Å²) >= 11 is 9.18. The molecule has 2 nitrogen and oxygen atoms in total. The molecular formula is C8H8BrClO2. The van der Waals surface area contributed by atoms with Crippen LogP contribution in [-0.4, -0.2) is 14.2 Å². The molecule has 0 fully saturated rings. The Morgan fingerprint density at radius 3 is 2.42 bits per heavy atom. The molecule has 0 aliphatic rings. The van der Waals surface area contributed by atoms with Crippen molar-refractivity contribution in [2.45, 2.75) is 0 Å². The first-order valence-corrected chi connectivity index (χ1v) is 4.43. The topological polar surface area (TPSA) is 18.5 Å². The molecule has 0 heterocycles. The van der Waals surface area contributed by atoms with E-state index < -0.39 is 0 Å². The molecule has 0 atom stereocenters. The lowest BCUT2D eigenvalue weighted by molar-refractivity contribution is 0.394. The molecule has 1 aromatic carbocycles. The van der Waals surface area contributed by atoms with Gasteiger partial charge in [0, 0.05) is 10.5 Å². The molecule has 0 unspecified atom stereocenters. The van der Waals surface area contributed by atoms with Crippen molar-refractivity contribution in [3.8, 4) is 11.5 Å². The molecule has 4 heteroatoms. The van der Waals surface area contributed by atoms with Gasteiger partial charge in [-0.25, -0.2) is 0 Å². The minimum Gasteiger partial charge on any atom is -0.497 e. The van der Waals surface area contributed by atoms with Crippen LogP contribution in [0, 0.1) is 0 Å². The van der Waals surface area contributed by atoms with Crippen molar-refractivity contribution in [2.75, 3.05) is 14.2 Å². The summed E-state index contributed by atoms with van der Waals surface area (Å²) in [6.45, 7) is 0. The van der Waals surface area contributed by atoms with Gasteiger partial charge in [-0.05, 0) is 22.0 Å². The van der Waals surface area contributed by atoms with Gasteiger partial charge in [0.05, 0.1) is 19.2 Å². The Morgan fingerprint density at radius 2 is 1.92 bits per heavy atom. The van der Waals surface area contributed by atoms with Crippen LogP contribution >= 0.6 is 27.5 Å². The third-order valence-electron chi connectivity index (χ3n) is 1.42. The SMILES string of the molecule is COc1cc(Br)c(Cl)c(OC)c1. The van der Waals surface area contributed by atoms with E-state index in [0.717, 1.165) is 4.47 Å². The molecule has 0 saturated carbocycles. The van der Waals surface area contributed by atoms with Gasteiger partial charge in [-0.3, -0.25) is 0 Å². The molecule has 0 aliphatic heterocycles. The second kappa shape index (κ2) is 4.01. The minimum absolute atomic E-state index is 0.554. The van der Waals surface area contributed by atoms with Crippen molar-refractivity contribution in [1.29, 1.82) is 0 Å². The van der Waals surface area contributed by atoms with E-state index in [9.17, 15) is 0 Å². The lowest BCUT2D eigenvalue weighted by Gasteiger charge is -2.07. The summed E-state index contributed by atoms with van der Waals surface area (Å²) in [5.74, 6) is 1.31. The van der Waals surface area contributed by atoms with Crippen LogP contribution in [0.4, 0.5) is 0 Å². The fraction of sp³-hybridized carbons (Fsp3) is 0.250. The lowest BCUT2D eigenvalue weighted by Crippen LogP contribution is -1.88. The monoisotopic (exact) mass is 250 g/mol. The fourth-order valence-corrected chi connectivity index (χ4v) is 1.41. The summed E-state index contributed by atoms with van der Waals surface area (Å²) in [7, 11) is 3.15. The van der Waals surface area contributed by atoms with Crippen molar-refractivity contribution in [3.05, 3.63) is 21.6 Å². The standard InChI is InChI=1S/C8H8BrClO2/c1-11-5-3-6(9)8(10)7(4-5)12-2/h3-4H,1-2H3. The number of ether oxygens (including phenoxy) is 2. The first-order chi connectivity index (χ1) is 5.69. The fourth-order valence-electron chi connectivity index (χ4n) is 0.807. The molecule has 1 rings (SSSR count). The molecule has 12 heavy (non-hydrogen) atoms. The number of hydrogen-bond acceptors (Lipinski definition) is 2. The predicted molar refractivity (Wildman–Crippen MR) is 52.3 cm³/mol. The molecule has 0 radical (unpaired) electrons. The van der Waals surface area contributed by atoms with Crippen molar-refractivity contribution >= 4 is 27.5 Å². The summed E-state index contributed by atoms with van der Waals surface area (Å²) < 4.78 is 10.8. The summed E-state index contributed by atoms with van der Waals surface area (Å²) in [6.07, 6.45) is 0. The number of methoxy groups -OCH3 is 2. The Bertz CT molecular complexity index is 289. The Morgan fingerprint density at radius 1 is 1.25 bits per heavy atom. The predicted octanol–water partition coefficient (Wildman–Crippen LogP) is 3.12. The Kier molecular flexibility index (Phi) is 3.23. The molecule has 0 amide bonds. The molecule has 66 valence electrons. The molecule has 0 aromatic heterocycles. The van der Waals surface area contributed by atoms with E-state index in [2.05, 4.69) is 15.9 Å². The van der Waals surface area contributed by atoms with E-state index in [1.54, 1.807) is 26.4 Å². The van der Waals surface area contributed by atoms with Gasteiger partial charge < -0.3 is 9.47 Å². The Balaban J connectivity index is 3.19. The molecule has 0 bridgehead atoms. The number of rotatable bonds is 2. The smallest absolute Gasteiger partial charge is 0.142 e. The van der Waals surface area contributed by atoms with Gasteiger partial charge in [-0.2, -0.15) is 0 Å². The highest BCUT2D eigenvalue weighted by Crippen LogP contribution is 2.35. The van der Waals surface area contributed by atoms with Crippen molar-refractivity contribution in [1.82, 2.24) is 0 Å². The molecule has 0 saturated heterocycles. The highest BCUT2D eigenvalue weighted by Gasteiger charge is 2.07. The lowest BCUT2D eigenvalue weighted by atomic mass is 10.3. The first-order valence-electron chi connectivity index (χ1n) is 3.26. The van der Waals surface area contributed by atoms with E-state index in [1.807, 2.05) is 0 Å². The summed E-state index contributed by atoms with van der Waals surface area (Å²) in [6, 6.07) is 3.51. The average Bonchev–Trinajstić information content (AvgIpc) is 2.09. The average molecular weight is 252 g/mol. The number of halogens is 2. The van der Waals surface area contributed by atoms with Crippen LogP contribution < -0.4 is 9.47 Å². The zero-order valence-corrected chi connectivity index (χ0v) is 9.07. The van der Waals surface area contributed by atoms with E-state index in [-0.39, 0.29) is 0 Å². The number of hydrogen-bond donors (Lipinski definition) is 0. The maximum Gasteiger partial charge on any atom is 0.142 e. The van der Waals surface area contributed by atoms with E-state index in [0.29, 0.717) is 16.5 Å². The quantitative estimate of drug-likeness (QED) is 0.804. The number of benzene rings is 1.